The first kappa shape index (κ1) is 18.8. The summed E-state index contributed by atoms with van der Waals surface area (Å²) in [5.74, 6) is 0. The number of benzene rings is 2. The van der Waals surface area contributed by atoms with Gasteiger partial charge in [-0.05, 0) is 42.4 Å². The van der Waals surface area contributed by atoms with Gasteiger partial charge < -0.3 is 10.6 Å². The Hall–Kier alpha value is -2.56. The largest absolute Gasteiger partial charge is 0.362 e. The number of nitro benzene ring substituents is 1. The van der Waals surface area contributed by atoms with Crippen molar-refractivity contribution in [2.24, 2.45) is 5.14 Å². The molecule has 0 aliphatic rings. The average molecular weight is 380 g/mol. The molecule has 0 aliphatic heterocycles. The highest BCUT2D eigenvalue weighted by atomic mass is 32.2. The van der Waals surface area contributed by atoms with Gasteiger partial charge in [-0.3, -0.25) is 10.1 Å². The molecule has 0 saturated heterocycles. The van der Waals surface area contributed by atoms with Crippen LogP contribution >= 0.6 is 12.2 Å². The summed E-state index contributed by atoms with van der Waals surface area (Å²) >= 11 is 5.13. The van der Waals surface area contributed by atoms with Crippen molar-refractivity contribution in [3.05, 3.63) is 64.2 Å². The van der Waals surface area contributed by atoms with Gasteiger partial charge in [-0.1, -0.05) is 24.3 Å². The van der Waals surface area contributed by atoms with E-state index in [1.165, 1.54) is 18.2 Å². The molecule has 25 heavy (non-hydrogen) atoms. The lowest BCUT2D eigenvalue weighted by atomic mass is 10.1. The first-order valence-electron chi connectivity index (χ1n) is 7.17. The highest BCUT2D eigenvalue weighted by Crippen LogP contribution is 2.22. The predicted octanol–water partition coefficient (Wildman–Crippen LogP) is 1.77. The van der Waals surface area contributed by atoms with Crippen molar-refractivity contribution < 1.29 is 13.3 Å². The molecule has 0 amide bonds. The zero-order valence-electron chi connectivity index (χ0n) is 13.0. The SMILES string of the molecule is NS(=O)(=O)c1ccc(CCNC(=S)Nc2ccccc2[N+](=O)[O-])cc1. The number of hydrogen-bond donors (Lipinski definition) is 3. The van der Waals surface area contributed by atoms with E-state index in [1.54, 1.807) is 30.3 Å². The van der Waals surface area contributed by atoms with E-state index in [4.69, 9.17) is 17.4 Å². The van der Waals surface area contributed by atoms with Gasteiger partial charge in [-0.2, -0.15) is 0 Å². The van der Waals surface area contributed by atoms with E-state index in [9.17, 15) is 18.5 Å². The van der Waals surface area contributed by atoms with Gasteiger partial charge in [0.15, 0.2) is 5.11 Å². The van der Waals surface area contributed by atoms with Crippen LogP contribution in [0.4, 0.5) is 11.4 Å². The third-order valence-corrected chi connectivity index (χ3v) is 4.48. The second-order valence-electron chi connectivity index (χ2n) is 5.09. The van der Waals surface area contributed by atoms with Gasteiger partial charge >= 0.3 is 0 Å². The van der Waals surface area contributed by atoms with Gasteiger partial charge in [0.1, 0.15) is 5.69 Å². The second-order valence-corrected chi connectivity index (χ2v) is 7.06. The van der Waals surface area contributed by atoms with Crippen molar-refractivity contribution in [3.8, 4) is 0 Å². The van der Waals surface area contributed by atoms with Crippen LogP contribution in [0.3, 0.4) is 0 Å². The number of nitro groups is 1. The highest BCUT2D eigenvalue weighted by molar-refractivity contribution is 7.89. The van der Waals surface area contributed by atoms with Gasteiger partial charge in [-0.15, -0.1) is 0 Å². The minimum Gasteiger partial charge on any atom is -0.362 e. The number of nitrogens with zero attached hydrogens (tertiary/aromatic N) is 1. The van der Waals surface area contributed by atoms with Crippen LogP contribution in [0.2, 0.25) is 0 Å². The van der Waals surface area contributed by atoms with Crippen molar-refractivity contribution in [1.82, 2.24) is 5.32 Å². The molecule has 0 radical (unpaired) electrons. The van der Waals surface area contributed by atoms with E-state index in [1.807, 2.05) is 0 Å². The van der Waals surface area contributed by atoms with Crippen LogP contribution in [0.15, 0.2) is 53.4 Å². The molecule has 0 bridgehead atoms. The number of rotatable bonds is 6. The van der Waals surface area contributed by atoms with E-state index in [0.29, 0.717) is 18.7 Å². The fraction of sp³-hybridized carbons (Fsp3) is 0.133. The smallest absolute Gasteiger partial charge is 0.292 e. The zero-order valence-corrected chi connectivity index (χ0v) is 14.6. The summed E-state index contributed by atoms with van der Waals surface area (Å²) < 4.78 is 22.4. The van der Waals surface area contributed by atoms with E-state index >= 15 is 0 Å². The lowest BCUT2D eigenvalue weighted by molar-refractivity contribution is -0.383. The van der Waals surface area contributed by atoms with Crippen LogP contribution in [0.5, 0.6) is 0 Å². The Bertz CT molecular complexity index is 883. The number of anilines is 1. The van der Waals surface area contributed by atoms with E-state index in [0.717, 1.165) is 5.56 Å². The number of primary sulfonamides is 1. The fourth-order valence-corrected chi connectivity index (χ4v) is 2.80. The summed E-state index contributed by atoms with van der Waals surface area (Å²) in [6.07, 6.45) is 0.587. The van der Waals surface area contributed by atoms with Crippen LogP contribution < -0.4 is 15.8 Å². The Labute approximate surface area is 150 Å². The number of thiocarbonyl (C=S) groups is 1. The Morgan fingerprint density at radius 1 is 1.16 bits per heavy atom. The molecule has 2 aromatic rings. The van der Waals surface area contributed by atoms with Crippen LogP contribution in [0.25, 0.3) is 0 Å². The molecular weight excluding hydrogens is 364 g/mol. The maximum Gasteiger partial charge on any atom is 0.292 e. The van der Waals surface area contributed by atoms with Gasteiger partial charge in [0.2, 0.25) is 10.0 Å². The Balaban J connectivity index is 1.88. The molecule has 0 unspecified atom stereocenters. The van der Waals surface area contributed by atoms with Crippen LogP contribution in [0, 0.1) is 10.1 Å². The zero-order chi connectivity index (χ0) is 18.4. The van der Waals surface area contributed by atoms with Crippen molar-refractivity contribution in [2.45, 2.75) is 11.3 Å². The standard InChI is InChI=1S/C15H16N4O4S2/c16-25(22,23)12-7-5-11(6-8-12)9-10-17-15(24)18-13-3-1-2-4-14(13)19(20)21/h1-8H,9-10H2,(H2,16,22,23)(H2,17,18,24). The highest BCUT2D eigenvalue weighted by Gasteiger charge is 2.13. The normalized spacial score (nSPS) is 10.9. The summed E-state index contributed by atoms with van der Waals surface area (Å²) in [4.78, 5) is 10.5. The Morgan fingerprint density at radius 3 is 2.40 bits per heavy atom. The predicted molar refractivity (Wildman–Crippen MR) is 98.8 cm³/mol. The molecule has 132 valence electrons. The Morgan fingerprint density at radius 2 is 1.80 bits per heavy atom. The van der Waals surface area contributed by atoms with Crippen LogP contribution in [-0.4, -0.2) is 25.0 Å². The summed E-state index contributed by atoms with van der Waals surface area (Å²) in [6.45, 7) is 0.473. The maximum atomic E-state index is 11.2. The van der Waals surface area contributed by atoms with Gasteiger partial charge in [0.05, 0.1) is 9.82 Å². The summed E-state index contributed by atoms with van der Waals surface area (Å²) in [6, 6.07) is 12.4. The number of para-hydroxylation sites is 2. The molecular formula is C15H16N4O4S2. The first-order chi connectivity index (χ1) is 11.8. The molecule has 8 nitrogen and oxygen atoms in total. The third-order valence-electron chi connectivity index (χ3n) is 3.30. The van der Waals surface area contributed by atoms with Crippen molar-refractivity contribution in [3.63, 3.8) is 0 Å². The van der Waals surface area contributed by atoms with Crippen LogP contribution in [0.1, 0.15) is 5.56 Å². The number of hydrogen-bond acceptors (Lipinski definition) is 5. The number of nitrogens with two attached hydrogens (primary N) is 1. The van der Waals surface area contributed by atoms with Gasteiger partial charge in [0, 0.05) is 12.6 Å². The molecule has 0 heterocycles. The molecule has 0 aromatic heterocycles. The quantitative estimate of drug-likeness (QED) is 0.396. The topological polar surface area (TPSA) is 127 Å². The number of nitrogens with one attached hydrogen (secondary N) is 2. The second kappa shape index (κ2) is 8.01. The molecule has 0 saturated carbocycles. The van der Waals surface area contributed by atoms with E-state index in [-0.39, 0.29) is 15.7 Å². The lowest BCUT2D eigenvalue weighted by Crippen LogP contribution is -2.30. The Kier molecular flexibility index (Phi) is 6.02. The van der Waals surface area contributed by atoms with Crippen molar-refractivity contribution in [2.75, 3.05) is 11.9 Å². The lowest BCUT2D eigenvalue weighted by Gasteiger charge is -2.11. The number of sulfonamides is 1. The van der Waals surface area contributed by atoms with Crippen molar-refractivity contribution in [1.29, 1.82) is 0 Å². The molecule has 0 aliphatic carbocycles. The summed E-state index contributed by atoms with van der Waals surface area (Å²) in [7, 11) is -3.70. The minimum atomic E-state index is -3.70. The van der Waals surface area contributed by atoms with Crippen molar-refractivity contribution >= 4 is 38.7 Å². The molecule has 2 rings (SSSR count). The van der Waals surface area contributed by atoms with E-state index < -0.39 is 14.9 Å². The summed E-state index contributed by atoms with van der Waals surface area (Å²) in [5.41, 5.74) is 1.14. The van der Waals surface area contributed by atoms with Gasteiger partial charge in [0.25, 0.3) is 5.69 Å². The first-order valence-corrected chi connectivity index (χ1v) is 9.13. The fourth-order valence-electron chi connectivity index (χ4n) is 2.07. The average Bonchev–Trinajstić information content (AvgIpc) is 2.55. The molecule has 0 fully saturated rings. The van der Waals surface area contributed by atoms with Crippen LogP contribution in [-0.2, 0) is 16.4 Å². The molecule has 4 N–H and O–H groups in total. The molecule has 10 heteroatoms. The van der Waals surface area contributed by atoms with E-state index in [2.05, 4.69) is 10.6 Å². The third kappa shape index (κ3) is 5.48. The molecule has 2 aromatic carbocycles. The maximum absolute atomic E-state index is 11.2. The molecule has 0 spiro atoms. The monoisotopic (exact) mass is 380 g/mol. The summed E-state index contributed by atoms with van der Waals surface area (Å²) in [5, 5.41) is 22.0. The molecule has 0 atom stereocenters. The minimum absolute atomic E-state index is 0.0535. The van der Waals surface area contributed by atoms with Gasteiger partial charge in [-0.25, -0.2) is 13.6 Å².